The summed E-state index contributed by atoms with van der Waals surface area (Å²) in [6, 6.07) is -0.861. The van der Waals surface area contributed by atoms with Crippen LogP contribution in [0.2, 0.25) is 0 Å². The van der Waals surface area contributed by atoms with Crippen LogP contribution in [0, 0.1) is 0 Å². The zero-order chi connectivity index (χ0) is 44.3. The van der Waals surface area contributed by atoms with Crippen molar-refractivity contribution in [3.05, 3.63) is 36.5 Å². The topological polar surface area (TPSA) is 105 Å². The van der Waals surface area contributed by atoms with Crippen LogP contribution in [0.4, 0.5) is 0 Å². The molecule has 8 nitrogen and oxygen atoms in total. The molecule has 0 fully saturated rings. The van der Waals surface area contributed by atoms with Gasteiger partial charge in [0.1, 0.15) is 13.2 Å². The van der Waals surface area contributed by atoms with Gasteiger partial charge in [-0.15, -0.1) is 0 Å². The second-order valence-electron chi connectivity index (χ2n) is 18.5. The molecule has 0 aromatic heterocycles. The lowest BCUT2D eigenvalue weighted by molar-refractivity contribution is -0.870. The maximum absolute atomic E-state index is 12.9. The molecule has 0 saturated carbocycles. The molecule has 0 rings (SSSR count). The molecule has 9 heteroatoms. The Kier molecular flexibility index (Phi) is 42.1. The highest BCUT2D eigenvalue weighted by Crippen LogP contribution is 2.43. The summed E-state index contributed by atoms with van der Waals surface area (Å²) < 4.78 is 23.6. The van der Waals surface area contributed by atoms with Crippen LogP contribution >= 0.6 is 7.82 Å². The third-order valence-corrected chi connectivity index (χ3v) is 12.3. The molecule has 3 N–H and O–H groups in total. The highest BCUT2D eigenvalue weighted by molar-refractivity contribution is 7.47. The number of unbranched alkanes of at least 4 members (excludes halogenated alkanes) is 29. The van der Waals surface area contributed by atoms with Crippen LogP contribution in [0.1, 0.15) is 232 Å². The number of nitrogens with zero attached hydrogens (tertiary/aromatic N) is 1. The third kappa shape index (κ3) is 44.8. The molecule has 60 heavy (non-hydrogen) atoms. The van der Waals surface area contributed by atoms with Gasteiger partial charge in [-0.3, -0.25) is 13.8 Å². The summed E-state index contributed by atoms with van der Waals surface area (Å²) in [6.07, 6.45) is 53.7. The van der Waals surface area contributed by atoms with Gasteiger partial charge in [-0.05, 0) is 57.8 Å². The Morgan fingerprint density at radius 1 is 0.550 bits per heavy atom. The molecule has 0 bridgehead atoms. The minimum Gasteiger partial charge on any atom is -0.387 e. The lowest BCUT2D eigenvalue weighted by Gasteiger charge is -2.25. The Hall–Kier alpha value is -1.28. The SMILES string of the molecule is CCCCCCCC/C=C/CCCCCCCCCCCCCCCC(=O)N[C@@H](COP(=O)(O)OCC[N+](C)(C)C)[C@H](O)/C=C/CC/C=C/CCCCCCCCCCC. The van der Waals surface area contributed by atoms with E-state index >= 15 is 0 Å². The van der Waals surface area contributed by atoms with E-state index in [1.54, 1.807) is 6.08 Å². The Morgan fingerprint density at radius 2 is 0.917 bits per heavy atom. The second-order valence-corrected chi connectivity index (χ2v) is 20.0. The number of hydrogen-bond donors (Lipinski definition) is 3. The zero-order valence-corrected chi connectivity index (χ0v) is 41.1. The lowest BCUT2D eigenvalue weighted by atomic mass is 10.0. The summed E-state index contributed by atoms with van der Waals surface area (Å²) in [4.78, 5) is 23.2. The molecule has 0 aromatic rings. The van der Waals surface area contributed by atoms with Gasteiger partial charge in [-0.1, -0.05) is 204 Å². The first-order chi connectivity index (χ1) is 29.0. The fourth-order valence-corrected chi connectivity index (χ4v) is 8.02. The molecule has 1 unspecified atom stereocenters. The fraction of sp³-hybridized carbons (Fsp3) is 0.863. The highest BCUT2D eigenvalue weighted by Gasteiger charge is 2.27. The van der Waals surface area contributed by atoms with Crippen molar-refractivity contribution in [3.8, 4) is 0 Å². The predicted octanol–water partition coefficient (Wildman–Crippen LogP) is 14.6. The number of quaternary nitrogens is 1. The van der Waals surface area contributed by atoms with Gasteiger partial charge in [-0.2, -0.15) is 0 Å². The number of aliphatic hydroxyl groups excluding tert-OH is 1. The Balaban J connectivity index is 4.29. The maximum atomic E-state index is 12.9. The molecule has 0 aromatic carbocycles. The average Bonchev–Trinajstić information content (AvgIpc) is 3.20. The standard InChI is InChI=1S/C51H99N2O6P/c1-6-8-10-12-14-16-18-20-22-23-24-25-26-27-28-29-31-33-35-37-39-41-43-45-51(55)52-49(48-59-60(56,57)58-47-46-53(3,4)5)50(54)44-42-40-38-36-34-32-30-21-19-17-15-13-11-9-7-2/h20,22,34,36,42,44,49-50,54H,6-19,21,23-33,35,37-41,43,45-48H2,1-5H3,(H-,52,55,56,57)/p+1/b22-20+,36-34+,44-42+/t49-,50+/m0/s1. The summed E-state index contributed by atoms with van der Waals surface area (Å²) in [7, 11) is 1.56. The highest BCUT2D eigenvalue weighted by atomic mass is 31.2. The molecule has 0 aliphatic carbocycles. The van der Waals surface area contributed by atoms with Crippen molar-refractivity contribution in [2.24, 2.45) is 0 Å². The average molecular weight is 868 g/mol. The number of allylic oxidation sites excluding steroid dienone is 5. The number of aliphatic hydroxyl groups is 1. The van der Waals surface area contributed by atoms with Crippen molar-refractivity contribution < 1.29 is 32.9 Å². The molecule has 0 spiro atoms. The summed E-state index contributed by atoms with van der Waals surface area (Å²) in [6.45, 7) is 4.80. The molecule has 354 valence electrons. The quantitative estimate of drug-likeness (QED) is 0.0244. The second kappa shape index (κ2) is 43.0. The maximum Gasteiger partial charge on any atom is 0.472 e. The van der Waals surface area contributed by atoms with Gasteiger partial charge < -0.3 is 19.8 Å². The van der Waals surface area contributed by atoms with Gasteiger partial charge in [0.15, 0.2) is 0 Å². The van der Waals surface area contributed by atoms with Crippen LogP contribution in [-0.2, 0) is 18.4 Å². The smallest absolute Gasteiger partial charge is 0.387 e. The monoisotopic (exact) mass is 868 g/mol. The number of carbonyl (C=O) groups is 1. The summed E-state index contributed by atoms with van der Waals surface area (Å²) >= 11 is 0. The zero-order valence-electron chi connectivity index (χ0n) is 40.2. The van der Waals surface area contributed by atoms with Gasteiger partial charge >= 0.3 is 7.82 Å². The molecule has 1 amide bonds. The summed E-state index contributed by atoms with van der Waals surface area (Å²) in [5.74, 6) is -0.186. The molecule has 0 heterocycles. The number of amides is 1. The Morgan fingerprint density at radius 3 is 1.33 bits per heavy atom. The van der Waals surface area contributed by atoms with E-state index < -0.39 is 20.0 Å². The number of phosphoric acid groups is 1. The van der Waals surface area contributed by atoms with Crippen molar-refractivity contribution in [1.29, 1.82) is 0 Å². The van der Waals surface area contributed by atoms with E-state index in [0.29, 0.717) is 17.4 Å². The lowest BCUT2D eigenvalue weighted by Crippen LogP contribution is -2.45. The number of hydrogen-bond acceptors (Lipinski definition) is 5. The van der Waals surface area contributed by atoms with E-state index in [2.05, 4.69) is 43.5 Å². The number of likely N-dealkylation sites (N-methyl/N-ethyl adjacent to an activating group) is 1. The van der Waals surface area contributed by atoms with Crippen molar-refractivity contribution >= 4 is 13.7 Å². The molecule has 0 saturated heterocycles. The van der Waals surface area contributed by atoms with Crippen molar-refractivity contribution in [1.82, 2.24) is 5.32 Å². The van der Waals surface area contributed by atoms with Crippen LogP contribution in [-0.4, -0.2) is 73.4 Å². The molecule has 0 aliphatic heterocycles. The van der Waals surface area contributed by atoms with Gasteiger partial charge in [0.05, 0.1) is 39.9 Å². The number of carbonyl (C=O) groups excluding carboxylic acids is 1. The first-order valence-corrected chi connectivity index (χ1v) is 26.9. The number of rotatable bonds is 46. The first-order valence-electron chi connectivity index (χ1n) is 25.4. The normalized spacial score (nSPS) is 14.4. The van der Waals surface area contributed by atoms with E-state index in [1.165, 1.54) is 173 Å². The summed E-state index contributed by atoms with van der Waals surface area (Å²) in [5.41, 5.74) is 0. The van der Waals surface area contributed by atoms with E-state index in [9.17, 15) is 19.4 Å². The van der Waals surface area contributed by atoms with Crippen LogP contribution in [0.15, 0.2) is 36.5 Å². The molecular formula is C51H100N2O6P+. The number of phosphoric ester groups is 1. The minimum atomic E-state index is -4.35. The van der Waals surface area contributed by atoms with Crippen molar-refractivity contribution in [3.63, 3.8) is 0 Å². The van der Waals surface area contributed by atoms with Gasteiger partial charge in [0, 0.05) is 6.42 Å². The number of nitrogens with one attached hydrogen (secondary N) is 1. The summed E-state index contributed by atoms with van der Waals surface area (Å²) in [5, 5.41) is 13.8. The van der Waals surface area contributed by atoms with E-state index in [1.807, 2.05) is 27.2 Å². The minimum absolute atomic E-state index is 0.0568. The van der Waals surface area contributed by atoms with Gasteiger partial charge in [0.25, 0.3) is 0 Å². The van der Waals surface area contributed by atoms with Crippen molar-refractivity contribution in [2.75, 3.05) is 40.9 Å². The van der Waals surface area contributed by atoms with E-state index in [4.69, 9.17) is 9.05 Å². The third-order valence-electron chi connectivity index (χ3n) is 11.3. The van der Waals surface area contributed by atoms with E-state index in [-0.39, 0.29) is 19.1 Å². The molecule has 0 aliphatic rings. The van der Waals surface area contributed by atoms with E-state index in [0.717, 1.165) is 38.5 Å². The van der Waals surface area contributed by atoms with Crippen LogP contribution < -0.4 is 5.32 Å². The van der Waals surface area contributed by atoms with Crippen LogP contribution in [0.3, 0.4) is 0 Å². The Labute approximate surface area is 372 Å². The van der Waals surface area contributed by atoms with Gasteiger partial charge in [-0.25, -0.2) is 4.57 Å². The van der Waals surface area contributed by atoms with Crippen LogP contribution in [0.25, 0.3) is 0 Å². The predicted molar refractivity (Wildman–Crippen MR) is 258 cm³/mol. The fourth-order valence-electron chi connectivity index (χ4n) is 7.29. The molecule has 0 radical (unpaired) electrons. The van der Waals surface area contributed by atoms with Crippen LogP contribution in [0.5, 0.6) is 0 Å². The molecular weight excluding hydrogens is 768 g/mol. The van der Waals surface area contributed by atoms with Gasteiger partial charge in [0.2, 0.25) is 5.91 Å². The Bertz CT molecular complexity index is 1070. The van der Waals surface area contributed by atoms with Crippen molar-refractivity contribution in [2.45, 2.75) is 244 Å². The molecule has 3 atom stereocenters. The largest absolute Gasteiger partial charge is 0.472 e. The first kappa shape index (κ1) is 58.7.